The number of nitrogens with two attached hydrogens (primary N) is 1. The van der Waals surface area contributed by atoms with E-state index in [0.29, 0.717) is 19.0 Å². The first-order valence-electron chi connectivity index (χ1n) is 16.0. The number of rotatable bonds is 25. The lowest BCUT2D eigenvalue weighted by Crippen LogP contribution is -2.46. The van der Waals surface area contributed by atoms with Gasteiger partial charge in [-0.3, -0.25) is 27.7 Å². The van der Waals surface area contributed by atoms with Crippen molar-refractivity contribution in [3.8, 4) is 0 Å². The molecule has 7 atom stereocenters. The highest BCUT2D eigenvalue weighted by Gasteiger charge is 2.50. The smallest absolute Gasteiger partial charge is 0.394 e. The number of nitrogens with one attached hydrogen (secondary N) is 2. The molecule has 3 unspecified atom stereocenters. The van der Waals surface area contributed by atoms with Crippen molar-refractivity contribution < 1.29 is 89.7 Å². The minimum absolute atomic E-state index is 0.0305. The number of aliphatic hydroxyl groups is 3. The van der Waals surface area contributed by atoms with Crippen molar-refractivity contribution in [1.82, 2.24) is 30.2 Å². The summed E-state index contributed by atoms with van der Waals surface area (Å²) in [5, 5.41) is 35.0. The predicted octanol–water partition coefficient (Wildman–Crippen LogP) is -1.92. The van der Waals surface area contributed by atoms with E-state index >= 15 is 0 Å². The molecule has 1 aliphatic heterocycles. The molecule has 11 N–H and O–H groups in total. The number of phosphoric acid groups is 3. The Labute approximate surface area is 317 Å². The van der Waals surface area contributed by atoms with Crippen molar-refractivity contribution in [3.63, 3.8) is 0 Å². The molecular weight excluding hydrogens is 827 g/mol. The van der Waals surface area contributed by atoms with Gasteiger partial charge in [-0.15, -0.1) is 0 Å². The van der Waals surface area contributed by atoms with Crippen LogP contribution in [0.3, 0.4) is 0 Å². The molecule has 1 saturated heterocycles. The second-order valence-electron chi connectivity index (χ2n) is 12.0. The fourth-order valence-corrected chi connectivity index (χ4v) is 7.87. The number of carbonyl (C=O) groups excluding carboxylic acids is 2. The highest BCUT2D eigenvalue weighted by atomic mass is 32.2. The van der Waals surface area contributed by atoms with Crippen molar-refractivity contribution in [1.29, 1.82) is 0 Å². The molecule has 55 heavy (non-hydrogen) atoms. The van der Waals surface area contributed by atoms with E-state index in [0.717, 1.165) is 29.3 Å². The summed E-state index contributed by atoms with van der Waals surface area (Å²) in [6, 6.07) is 0. The van der Waals surface area contributed by atoms with Crippen molar-refractivity contribution in [2.75, 3.05) is 64.2 Å². The van der Waals surface area contributed by atoms with Gasteiger partial charge < -0.3 is 64.9 Å². The standard InChI is InChI=1S/C25H44N7O19P3S/c1-25(2,20(36)23(37)28-4-3-16(34)27-5-10-55-48-9-8-45-7-6-33)12-47-54(43,44)51-53(41,42)46-11-15-19(50-52(38,39)40)18(35)24(49-15)32-14-31-17-21(26)29-13-30-22(17)32/h13-15,18-20,24,33,35-36H,3-12H2,1-2H3,(H,27,34)(H,28,37)(H,41,42)(H,43,44)(H2,26,29,30)(H2,38,39,40)/t15-,18-,19-,20?,24-/m0/s1. The summed E-state index contributed by atoms with van der Waals surface area (Å²) in [4.78, 5) is 75.4. The topological polar surface area (TPSA) is 385 Å². The third-order valence-electron chi connectivity index (χ3n) is 7.22. The number of imidazole rings is 1. The van der Waals surface area contributed by atoms with Crippen LogP contribution in [0.5, 0.6) is 0 Å². The van der Waals surface area contributed by atoms with Crippen LogP contribution in [0.25, 0.3) is 11.2 Å². The van der Waals surface area contributed by atoms with E-state index in [1.54, 1.807) is 0 Å². The van der Waals surface area contributed by atoms with Crippen LogP contribution in [0.1, 0.15) is 26.5 Å². The summed E-state index contributed by atoms with van der Waals surface area (Å²) in [5.74, 6) is -0.999. The zero-order valence-corrected chi connectivity index (χ0v) is 32.8. The van der Waals surface area contributed by atoms with Crippen LogP contribution in [-0.2, 0) is 54.8 Å². The fraction of sp³-hybridized carbons (Fsp3) is 0.720. The molecule has 0 aliphatic carbocycles. The predicted molar refractivity (Wildman–Crippen MR) is 186 cm³/mol. The molecule has 0 bridgehead atoms. The first kappa shape index (κ1) is 47.1. The Hall–Kier alpha value is -2.23. The summed E-state index contributed by atoms with van der Waals surface area (Å²) >= 11 is 1.10. The summed E-state index contributed by atoms with van der Waals surface area (Å²) in [6.45, 7) is 1.28. The Bertz CT molecular complexity index is 1720. The summed E-state index contributed by atoms with van der Waals surface area (Å²) in [7, 11) is -16.4. The van der Waals surface area contributed by atoms with Gasteiger partial charge in [0.25, 0.3) is 0 Å². The maximum atomic E-state index is 12.7. The molecule has 1 fully saturated rings. The van der Waals surface area contributed by atoms with E-state index in [-0.39, 0.29) is 49.7 Å². The van der Waals surface area contributed by atoms with Crippen LogP contribution in [0, 0.1) is 5.41 Å². The first-order chi connectivity index (χ1) is 25.7. The Morgan fingerprint density at radius 1 is 1.05 bits per heavy atom. The monoisotopic (exact) mass is 871 g/mol. The van der Waals surface area contributed by atoms with Gasteiger partial charge >= 0.3 is 23.5 Å². The fourth-order valence-electron chi connectivity index (χ4n) is 4.55. The normalized spacial score (nSPS) is 21.9. The van der Waals surface area contributed by atoms with Crippen LogP contribution in [-0.4, -0.2) is 149 Å². The van der Waals surface area contributed by atoms with Gasteiger partial charge in [0.15, 0.2) is 17.7 Å². The van der Waals surface area contributed by atoms with Gasteiger partial charge in [-0.1, -0.05) is 13.8 Å². The summed E-state index contributed by atoms with van der Waals surface area (Å²) in [6.07, 6.45) is -6.88. The molecular formula is C25H44N7O19P3S. The SMILES string of the molecule is CC(C)(COP(=O)(O)OP(=O)(O)OC[C@@H]1O[C@H](n2cnc3c(N)ncnc32)[C@@H](O)[C@H]1OP(=O)(O)O)C(O)C(=O)NCCC(=O)NCCSOCCOCCO. The Morgan fingerprint density at radius 2 is 1.76 bits per heavy atom. The number of fused-ring (bicyclic) bond motifs is 1. The lowest BCUT2D eigenvalue weighted by molar-refractivity contribution is -0.137. The number of amides is 2. The number of nitrogen functional groups attached to an aromatic ring is 1. The zero-order chi connectivity index (χ0) is 41.0. The largest absolute Gasteiger partial charge is 0.481 e. The van der Waals surface area contributed by atoms with E-state index in [9.17, 15) is 53.1 Å². The summed E-state index contributed by atoms with van der Waals surface area (Å²) in [5.41, 5.74) is 4.26. The molecule has 26 nitrogen and oxygen atoms in total. The second-order valence-corrected chi connectivity index (χ2v) is 17.2. The van der Waals surface area contributed by atoms with Crippen LogP contribution in [0.2, 0.25) is 0 Å². The molecule has 0 aromatic carbocycles. The van der Waals surface area contributed by atoms with Crippen LogP contribution in [0.4, 0.5) is 5.82 Å². The number of anilines is 1. The van der Waals surface area contributed by atoms with Gasteiger partial charge in [-0.05, 0) is 12.0 Å². The number of hydrogen-bond acceptors (Lipinski definition) is 20. The number of nitrogens with zero attached hydrogens (tertiary/aromatic N) is 4. The van der Waals surface area contributed by atoms with E-state index in [1.807, 2.05) is 0 Å². The van der Waals surface area contributed by atoms with Gasteiger partial charge in [-0.2, -0.15) is 4.31 Å². The third kappa shape index (κ3) is 15.2. The third-order valence-corrected chi connectivity index (χ3v) is 11.0. The number of aliphatic hydroxyl groups excluding tert-OH is 3. The Balaban J connectivity index is 1.47. The average Bonchev–Trinajstić information content (AvgIpc) is 3.65. The van der Waals surface area contributed by atoms with Gasteiger partial charge in [0.1, 0.15) is 36.3 Å². The highest BCUT2D eigenvalue weighted by molar-refractivity contribution is 7.94. The number of hydrogen-bond donors (Lipinski definition) is 10. The molecule has 30 heteroatoms. The van der Waals surface area contributed by atoms with Crippen molar-refractivity contribution in [2.24, 2.45) is 5.41 Å². The molecule has 1 aliphatic rings. The average molecular weight is 872 g/mol. The minimum Gasteiger partial charge on any atom is -0.394 e. The van der Waals surface area contributed by atoms with Crippen LogP contribution < -0.4 is 16.4 Å². The van der Waals surface area contributed by atoms with Crippen molar-refractivity contribution >= 4 is 64.3 Å². The molecule has 2 aromatic rings. The molecule has 314 valence electrons. The van der Waals surface area contributed by atoms with Crippen LogP contribution >= 0.6 is 35.5 Å². The Morgan fingerprint density at radius 3 is 2.45 bits per heavy atom. The highest BCUT2D eigenvalue weighted by Crippen LogP contribution is 2.61. The van der Waals surface area contributed by atoms with E-state index in [4.69, 9.17) is 33.5 Å². The molecule has 3 rings (SSSR count). The maximum absolute atomic E-state index is 12.7. The van der Waals surface area contributed by atoms with E-state index in [1.165, 1.54) is 13.8 Å². The zero-order valence-electron chi connectivity index (χ0n) is 29.3. The minimum atomic E-state index is -5.56. The Kier molecular flexibility index (Phi) is 18.0. The number of phosphoric ester groups is 3. The molecule has 0 radical (unpaired) electrons. The number of aromatic nitrogens is 4. The molecule has 0 spiro atoms. The molecule has 3 heterocycles. The van der Waals surface area contributed by atoms with Crippen molar-refractivity contribution in [3.05, 3.63) is 12.7 Å². The maximum Gasteiger partial charge on any atom is 0.481 e. The number of carbonyl (C=O) groups is 2. The van der Waals surface area contributed by atoms with Crippen molar-refractivity contribution in [2.45, 2.75) is 50.9 Å². The number of ether oxygens (including phenoxy) is 2. The first-order valence-corrected chi connectivity index (χ1v) is 21.4. The molecule has 2 aromatic heterocycles. The molecule has 2 amide bonds. The van der Waals surface area contributed by atoms with E-state index < -0.39 is 84.6 Å². The van der Waals surface area contributed by atoms with Gasteiger partial charge in [0.2, 0.25) is 11.8 Å². The molecule has 0 saturated carbocycles. The summed E-state index contributed by atoms with van der Waals surface area (Å²) < 4.78 is 72.3. The quantitative estimate of drug-likeness (QED) is 0.0295. The van der Waals surface area contributed by atoms with Crippen LogP contribution in [0.15, 0.2) is 12.7 Å². The van der Waals surface area contributed by atoms with Gasteiger partial charge in [0, 0.05) is 30.7 Å². The second kappa shape index (κ2) is 21.0. The van der Waals surface area contributed by atoms with Gasteiger partial charge in [0.05, 0.1) is 46.0 Å². The lowest BCUT2D eigenvalue weighted by Gasteiger charge is -2.30. The van der Waals surface area contributed by atoms with Gasteiger partial charge in [-0.25, -0.2) is 28.6 Å². The lowest BCUT2D eigenvalue weighted by atomic mass is 9.87. The van der Waals surface area contributed by atoms with E-state index in [2.05, 4.69) is 34.4 Å².